The van der Waals surface area contributed by atoms with Crippen molar-refractivity contribution in [3.8, 4) is 34.5 Å². The van der Waals surface area contributed by atoms with E-state index in [1.54, 1.807) is 79.6 Å². The maximum Gasteiger partial charge on any atom is 0.354 e. The van der Waals surface area contributed by atoms with E-state index in [1.807, 2.05) is 42.5 Å². The van der Waals surface area contributed by atoms with E-state index in [-0.39, 0.29) is 31.1 Å². The van der Waals surface area contributed by atoms with E-state index in [0.29, 0.717) is 81.6 Å². The van der Waals surface area contributed by atoms with Crippen LogP contribution in [0.1, 0.15) is 89.2 Å². The molecule has 22 heteroatoms. The summed E-state index contributed by atoms with van der Waals surface area (Å²) >= 11 is 0. The van der Waals surface area contributed by atoms with Gasteiger partial charge in [-0.1, -0.05) is 0 Å². The highest BCUT2D eigenvalue weighted by molar-refractivity contribution is 5.96. The summed E-state index contributed by atoms with van der Waals surface area (Å²) in [5, 5.41) is 30.3. The minimum absolute atomic E-state index is 0.0687. The fourth-order valence-electron chi connectivity index (χ4n) is 11.0. The number of carbonyl (C=O) groups excluding carboxylic acids is 1. The minimum atomic E-state index is -0.964. The van der Waals surface area contributed by atoms with E-state index < -0.39 is 5.97 Å². The van der Waals surface area contributed by atoms with Gasteiger partial charge < -0.3 is 59.3 Å². The number of rotatable bonds is 22. The van der Waals surface area contributed by atoms with Gasteiger partial charge in [0.05, 0.1) is 82.7 Å². The fraction of sp³-hybridized carbons (Fsp3) is 0.403. The third-order valence-corrected chi connectivity index (χ3v) is 15.9. The van der Waals surface area contributed by atoms with Crippen molar-refractivity contribution in [2.75, 3.05) is 121 Å². The monoisotopic (exact) mass is 1210 g/mol. The number of morpholine rings is 2. The number of nitrogens with two attached hydrogens (primary N) is 1. The molecule has 0 spiro atoms. The number of nitrogens with zero attached hydrogens (tertiary/aromatic N) is 10. The topological polar surface area (TPSA) is 267 Å². The molecular weight excluding hydrogens is 1130 g/mol. The van der Waals surface area contributed by atoms with Gasteiger partial charge >= 0.3 is 5.97 Å². The number of ether oxygens (including phenoxy) is 6. The Bertz CT molecular complexity index is 3560. The van der Waals surface area contributed by atoms with E-state index in [2.05, 4.69) is 49.5 Å². The van der Waals surface area contributed by atoms with Crippen LogP contribution < -0.4 is 34.5 Å². The zero-order valence-corrected chi connectivity index (χ0v) is 50.3. The van der Waals surface area contributed by atoms with Crippen LogP contribution >= 0.6 is 0 Å². The van der Waals surface area contributed by atoms with E-state index in [9.17, 15) is 19.8 Å². The van der Waals surface area contributed by atoms with Gasteiger partial charge in [-0.2, -0.15) is 0 Å². The number of carbonyl (C=O) groups is 2. The molecule has 4 fully saturated rings. The summed E-state index contributed by atoms with van der Waals surface area (Å²) in [4.78, 5) is 58.7. The molecule has 4 aliphatic rings. The first-order valence-corrected chi connectivity index (χ1v) is 30.8. The molecule has 0 amide bonds. The first-order chi connectivity index (χ1) is 43.7. The SMILES string of the molecule is Nc1ccc(Oc2ccnc3cc(OCCCN4CCOCC4)c(CO)cc23)cn1.O=C(Cc1ccc(Oc2ccnc3cc(OCCCN4CCOCC4)c(CO)cc23)cn1)c1cc(N2CCCCC2)ccn1.O=C(O)c1cc(N2CCCCC2)ccn1. The number of aromatic nitrogens is 6. The van der Waals surface area contributed by atoms with Crippen LogP contribution in [0.4, 0.5) is 17.2 Å². The lowest BCUT2D eigenvalue weighted by Gasteiger charge is -2.28. The summed E-state index contributed by atoms with van der Waals surface area (Å²) < 4.78 is 35.0. The number of Topliss-reactive ketones (excluding diaryl/α,β-unsaturated/α-hetero) is 1. The van der Waals surface area contributed by atoms with Crippen molar-refractivity contribution in [3.63, 3.8) is 0 Å². The lowest BCUT2D eigenvalue weighted by Crippen LogP contribution is -2.37. The van der Waals surface area contributed by atoms with Gasteiger partial charge in [-0.25, -0.2) is 14.8 Å². The number of aliphatic hydroxyl groups is 2. The number of hydrogen-bond acceptors (Lipinski definition) is 21. The van der Waals surface area contributed by atoms with Gasteiger partial charge in [-0.15, -0.1) is 0 Å². The van der Waals surface area contributed by atoms with Crippen LogP contribution in [-0.4, -0.2) is 172 Å². The van der Waals surface area contributed by atoms with Crippen LogP contribution in [0, 0.1) is 0 Å². The van der Waals surface area contributed by atoms with Crippen molar-refractivity contribution < 1.29 is 53.3 Å². The van der Waals surface area contributed by atoms with Gasteiger partial charge in [-0.3, -0.25) is 34.5 Å². The van der Waals surface area contributed by atoms with Crippen LogP contribution in [0.25, 0.3) is 21.8 Å². The normalized spacial score (nSPS) is 15.5. The number of piperidine rings is 2. The second-order valence-corrected chi connectivity index (χ2v) is 22.1. The van der Waals surface area contributed by atoms with Crippen molar-refractivity contribution in [2.24, 2.45) is 0 Å². The van der Waals surface area contributed by atoms with Crippen LogP contribution in [0.5, 0.6) is 34.5 Å². The minimum Gasteiger partial charge on any atom is -0.493 e. The molecule has 0 unspecified atom stereocenters. The quantitative estimate of drug-likeness (QED) is 0.0364. The number of ketones is 1. The number of nitrogen functional groups attached to an aromatic ring is 1. The zero-order valence-electron chi connectivity index (χ0n) is 50.3. The second-order valence-electron chi connectivity index (χ2n) is 22.1. The van der Waals surface area contributed by atoms with Gasteiger partial charge in [0.1, 0.15) is 51.7 Å². The molecule has 0 bridgehead atoms. The highest BCUT2D eigenvalue weighted by Gasteiger charge is 2.19. The summed E-state index contributed by atoms with van der Waals surface area (Å²) in [6, 6.07) is 25.4. The molecule has 12 rings (SSSR count). The maximum atomic E-state index is 13.0. The molecule has 4 aliphatic heterocycles. The Morgan fingerprint density at radius 2 is 0.978 bits per heavy atom. The van der Waals surface area contributed by atoms with Crippen LogP contribution in [-0.2, 0) is 29.1 Å². The Hall–Kier alpha value is -8.64. The Morgan fingerprint density at radius 3 is 1.44 bits per heavy atom. The molecule has 2 aromatic carbocycles. The molecule has 4 saturated heterocycles. The van der Waals surface area contributed by atoms with Crippen LogP contribution in [0.3, 0.4) is 0 Å². The average molecular weight is 1210 g/mol. The molecular formula is C67H79N11O11. The van der Waals surface area contributed by atoms with Gasteiger partial charge in [0, 0.05) is 141 Å². The van der Waals surface area contributed by atoms with E-state index in [0.717, 1.165) is 132 Å². The van der Waals surface area contributed by atoms with E-state index in [1.165, 1.54) is 38.5 Å². The first kappa shape index (κ1) is 63.4. The Morgan fingerprint density at radius 1 is 0.506 bits per heavy atom. The Labute approximate surface area is 518 Å². The molecule has 8 aromatic rings. The number of hydrogen-bond donors (Lipinski definition) is 4. The summed E-state index contributed by atoms with van der Waals surface area (Å²) in [6.07, 6.45) is 19.0. The predicted molar refractivity (Wildman–Crippen MR) is 339 cm³/mol. The molecule has 89 heavy (non-hydrogen) atoms. The highest BCUT2D eigenvalue weighted by Crippen LogP contribution is 2.36. The smallest absolute Gasteiger partial charge is 0.354 e. The van der Waals surface area contributed by atoms with Crippen LogP contribution in [0.15, 0.2) is 122 Å². The molecule has 0 radical (unpaired) electrons. The molecule has 0 aliphatic carbocycles. The molecule has 468 valence electrons. The maximum absolute atomic E-state index is 13.0. The number of aliphatic hydroxyl groups excluding tert-OH is 2. The van der Waals surface area contributed by atoms with Crippen molar-refractivity contribution in [2.45, 2.75) is 71.0 Å². The lowest BCUT2D eigenvalue weighted by atomic mass is 10.1. The number of benzene rings is 2. The van der Waals surface area contributed by atoms with Gasteiger partial charge in [0.25, 0.3) is 0 Å². The molecule has 5 N–H and O–H groups in total. The third kappa shape index (κ3) is 18.2. The predicted octanol–water partition coefficient (Wildman–Crippen LogP) is 9.19. The summed E-state index contributed by atoms with van der Waals surface area (Å²) in [7, 11) is 0. The van der Waals surface area contributed by atoms with Crippen molar-refractivity contribution >= 4 is 50.8 Å². The van der Waals surface area contributed by atoms with Crippen molar-refractivity contribution in [3.05, 3.63) is 150 Å². The summed E-state index contributed by atoms with van der Waals surface area (Å²) in [5.74, 6) is 2.99. The Balaban J connectivity index is 0.000000166. The lowest BCUT2D eigenvalue weighted by molar-refractivity contribution is 0.0357. The standard InChI is InChI=1S/C34H39N5O5.C22H26N4O4.C11H14N2O2/c40-24-25-19-29-30(22-34(25)43-16-4-11-38-14-17-42-18-15-38)35-10-8-33(29)44-28-6-5-26(37-23-28)20-32(41)31-21-27(7-9-36-31)39-12-2-1-3-13-39;23-22-3-2-17(14-25-22)30-20-4-5-24-19-13-21(16(15-27)12-18(19)20)29-9-1-6-26-7-10-28-11-8-26;14-11(15)10-8-9(4-5-12-10)13-6-2-1-3-7-13/h5-10,19,21-23,40H,1-4,11-18,20,24H2;2-5,12-14,27H,1,6-11,15H2,(H2,23,25);4-5,8H,1-3,6-7H2,(H,14,15). The number of pyridine rings is 6. The zero-order chi connectivity index (χ0) is 61.6. The molecule has 0 saturated carbocycles. The number of fused-ring (bicyclic) bond motifs is 2. The summed E-state index contributed by atoms with van der Waals surface area (Å²) in [5.41, 5.74) is 11.7. The van der Waals surface area contributed by atoms with Crippen molar-refractivity contribution in [1.82, 2.24) is 39.7 Å². The van der Waals surface area contributed by atoms with Crippen molar-refractivity contribution in [1.29, 1.82) is 0 Å². The third-order valence-electron chi connectivity index (χ3n) is 15.9. The van der Waals surface area contributed by atoms with Crippen LogP contribution in [0.2, 0.25) is 0 Å². The van der Waals surface area contributed by atoms with E-state index in [4.69, 9.17) is 39.3 Å². The van der Waals surface area contributed by atoms with Gasteiger partial charge in [0.15, 0.2) is 5.78 Å². The Kier molecular flexibility index (Phi) is 23.2. The number of anilines is 3. The number of aromatic carboxylic acids is 1. The van der Waals surface area contributed by atoms with Gasteiger partial charge in [-0.05, 0) is 124 Å². The van der Waals surface area contributed by atoms with Gasteiger partial charge in [0.2, 0.25) is 0 Å². The molecule has 22 nitrogen and oxygen atoms in total. The number of carboxylic acids is 1. The largest absolute Gasteiger partial charge is 0.493 e. The average Bonchev–Trinajstić information content (AvgIpc) is 2.24. The second kappa shape index (κ2) is 32.5. The molecule has 10 heterocycles. The number of carboxylic acid groups (broad SMARTS) is 1. The molecule has 0 atom stereocenters. The fourth-order valence-corrected chi connectivity index (χ4v) is 11.0. The first-order valence-electron chi connectivity index (χ1n) is 30.8. The highest BCUT2D eigenvalue weighted by atomic mass is 16.5. The summed E-state index contributed by atoms with van der Waals surface area (Å²) in [6.45, 7) is 13.8. The van der Waals surface area contributed by atoms with E-state index >= 15 is 0 Å². The molecule has 6 aromatic heterocycles.